The third-order valence-corrected chi connectivity index (χ3v) is 13.9. The van der Waals surface area contributed by atoms with Crippen LogP contribution in [0, 0.1) is 20.8 Å². The molecule has 3 aliphatic carbocycles. The molecule has 0 radical (unpaired) electrons. The molecule has 0 aliphatic heterocycles. The van der Waals surface area contributed by atoms with E-state index in [0.717, 1.165) is 29.3 Å². The zero-order chi connectivity index (χ0) is 40.9. The Bertz CT molecular complexity index is 3000. The number of hydrogen-bond acceptors (Lipinski definition) is 3. The highest BCUT2D eigenvalue weighted by molar-refractivity contribution is 5.97. The average molecular weight is 778 g/mol. The van der Waals surface area contributed by atoms with E-state index in [1.807, 2.05) is 0 Å². The first kappa shape index (κ1) is 36.3. The van der Waals surface area contributed by atoms with E-state index >= 15 is 0 Å². The van der Waals surface area contributed by atoms with Crippen molar-refractivity contribution in [1.82, 2.24) is 0 Å². The maximum absolute atomic E-state index is 6.02. The molecule has 1 N–H and O–H groups in total. The number of hydrogen-bond donors (Lipinski definition) is 1. The van der Waals surface area contributed by atoms with Crippen LogP contribution in [-0.2, 0) is 17.3 Å². The maximum Gasteiger partial charge on any atom is 0.161 e. The van der Waals surface area contributed by atoms with Crippen molar-refractivity contribution in [2.45, 2.75) is 44.9 Å². The van der Waals surface area contributed by atoms with E-state index in [0.29, 0.717) is 0 Å². The summed E-state index contributed by atoms with van der Waals surface area (Å²) in [6.45, 7) is 8.87. The van der Waals surface area contributed by atoms with Crippen LogP contribution in [0.1, 0.15) is 73.7 Å². The lowest BCUT2D eigenvalue weighted by Gasteiger charge is -2.34. The highest BCUT2D eigenvalue weighted by Gasteiger charge is 2.53. The SMILES string of the molecule is CCc1ccc2c(c1)C1(c3cc(Nc4ccc(C5(c6ccc(C)cc6)c6ccccc6-c6ccccc65)cc4)ccc3-c3cc(C)c(C)cc31)c1cc(OC)c(OC)cc1-2. The van der Waals surface area contributed by atoms with Crippen LogP contribution in [0.5, 0.6) is 11.5 Å². The van der Waals surface area contributed by atoms with Crippen LogP contribution in [-0.4, -0.2) is 14.2 Å². The van der Waals surface area contributed by atoms with Crippen molar-refractivity contribution >= 4 is 11.4 Å². The molecule has 0 saturated carbocycles. The number of nitrogens with one attached hydrogen (secondary N) is 1. The van der Waals surface area contributed by atoms with Gasteiger partial charge in [0.25, 0.3) is 0 Å². The third-order valence-electron chi connectivity index (χ3n) is 13.9. The number of aryl methyl sites for hydroxylation is 4. The second-order valence-electron chi connectivity index (χ2n) is 16.9. The van der Waals surface area contributed by atoms with E-state index in [-0.39, 0.29) is 0 Å². The maximum atomic E-state index is 6.02. The van der Waals surface area contributed by atoms with Gasteiger partial charge in [-0.25, -0.2) is 0 Å². The molecule has 0 aromatic heterocycles. The van der Waals surface area contributed by atoms with Crippen LogP contribution in [0.25, 0.3) is 33.4 Å². The van der Waals surface area contributed by atoms with Crippen LogP contribution >= 0.6 is 0 Å². The molecule has 11 rings (SSSR count). The van der Waals surface area contributed by atoms with Gasteiger partial charge in [0.15, 0.2) is 11.5 Å². The van der Waals surface area contributed by atoms with Gasteiger partial charge in [-0.3, -0.25) is 0 Å². The Morgan fingerprint density at radius 2 is 0.917 bits per heavy atom. The molecule has 3 heteroatoms. The van der Waals surface area contributed by atoms with Crippen molar-refractivity contribution in [1.29, 1.82) is 0 Å². The number of rotatable bonds is 7. The lowest BCUT2D eigenvalue weighted by Crippen LogP contribution is -2.28. The van der Waals surface area contributed by atoms with Crippen molar-refractivity contribution in [3.8, 4) is 44.9 Å². The lowest BCUT2D eigenvalue weighted by molar-refractivity contribution is 0.354. The van der Waals surface area contributed by atoms with Gasteiger partial charge in [-0.15, -0.1) is 0 Å². The Kier molecular flexibility index (Phi) is 8.06. The molecule has 1 unspecified atom stereocenters. The van der Waals surface area contributed by atoms with E-state index in [1.165, 1.54) is 100 Å². The zero-order valence-electron chi connectivity index (χ0n) is 35.0. The summed E-state index contributed by atoms with van der Waals surface area (Å²) in [5, 5.41) is 3.87. The van der Waals surface area contributed by atoms with E-state index in [1.54, 1.807) is 14.2 Å². The fourth-order valence-corrected chi connectivity index (χ4v) is 11.0. The summed E-state index contributed by atoms with van der Waals surface area (Å²) in [7, 11) is 3.46. The topological polar surface area (TPSA) is 30.5 Å². The molecular weight excluding hydrogens is 731 g/mol. The zero-order valence-corrected chi connectivity index (χ0v) is 35.0. The highest BCUT2D eigenvalue weighted by Crippen LogP contribution is 2.65. The summed E-state index contributed by atoms with van der Waals surface area (Å²) in [4.78, 5) is 0. The number of benzene rings is 8. The summed E-state index contributed by atoms with van der Waals surface area (Å²) < 4.78 is 11.9. The second kappa shape index (κ2) is 13.3. The largest absolute Gasteiger partial charge is 0.493 e. The standard InChI is InChI=1S/C57H47NO2/c1-7-37-18-26-44-47-32-54(59-5)55(60-6)33-53(47)57(51(44)30-37)50-29-36(4)35(3)28-46(50)45-27-25-41(31-52(45)57)58-40-23-21-39(22-24-40)56(38-19-16-34(2)17-20-38)48-14-10-8-12-42(48)43-13-9-11-15-49(43)56/h8-33,58H,7H2,1-6H3. The van der Waals surface area contributed by atoms with E-state index < -0.39 is 10.8 Å². The summed E-state index contributed by atoms with van der Waals surface area (Å²) >= 11 is 0. The molecule has 1 atom stereocenters. The third kappa shape index (κ3) is 4.84. The van der Waals surface area contributed by atoms with E-state index in [4.69, 9.17) is 9.47 Å². The van der Waals surface area contributed by atoms with Gasteiger partial charge in [-0.05, 0) is 158 Å². The van der Waals surface area contributed by atoms with Crippen molar-refractivity contribution in [2.24, 2.45) is 0 Å². The minimum Gasteiger partial charge on any atom is -0.493 e. The Morgan fingerprint density at radius 1 is 0.417 bits per heavy atom. The second-order valence-corrected chi connectivity index (χ2v) is 16.9. The van der Waals surface area contributed by atoms with E-state index in [2.05, 4.69) is 191 Å². The van der Waals surface area contributed by atoms with Crippen LogP contribution < -0.4 is 14.8 Å². The molecule has 60 heavy (non-hydrogen) atoms. The molecule has 3 aliphatic rings. The molecule has 1 spiro atoms. The summed E-state index contributed by atoms with van der Waals surface area (Å²) in [6, 6.07) is 59.4. The Labute approximate surface area is 353 Å². The number of methoxy groups -OCH3 is 2. The fraction of sp³-hybridized carbons (Fsp3) is 0.158. The summed E-state index contributed by atoms with van der Waals surface area (Å²) in [6.07, 6.45) is 0.957. The van der Waals surface area contributed by atoms with Gasteiger partial charge < -0.3 is 14.8 Å². The summed E-state index contributed by atoms with van der Waals surface area (Å²) in [5.41, 5.74) is 24.2. The molecular formula is C57H47NO2. The van der Waals surface area contributed by atoms with Gasteiger partial charge >= 0.3 is 0 Å². The van der Waals surface area contributed by atoms with Gasteiger partial charge in [0.05, 0.1) is 25.0 Å². The Hall–Kier alpha value is -6.84. The molecule has 3 nitrogen and oxygen atoms in total. The Morgan fingerprint density at radius 3 is 1.57 bits per heavy atom. The molecule has 0 fully saturated rings. The fourth-order valence-electron chi connectivity index (χ4n) is 11.0. The first-order valence-electron chi connectivity index (χ1n) is 21.1. The molecule has 292 valence electrons. The van der Waals surface area contributed by atoms with Crippen molar-refractivity contribution in [3.63, 3.8) is 0 Å². The lowest BCUT2D eigenvalue weighted by atomic mass is 9.67. The van der Waals surface area contributed by atoms with Crippen LogP contribution in [0.2, 0.25) is 0 Å². The van der Waals surface area contributed by atoms with Crippen LogP contribution in [0.15, 0.2) is 158 Å². The predicted octanol–water partition coefficient (Wildman–Crippen LogP) is 13.6. The summed E-state index contributed by atoms with van der Waals surface area (Å²) in [5.74, 6) is 1.48. The minimum atomic E-state index is -0.538. The van der Waals surface area contributed by atoms with Crippen LogP contribution in [0.4, 0.5) is 11.4 Å². The van der Waals surface area contributed by atoms with Crippen LogP contribution in [0.3, 0.4) is 0 Å². The monoisotopic (exact) mass is 777 g/mol. The first-order chi connectivity index (χ1) is 29.3. The Balaban J connectivity index is 1.07. The average Bonchev–Trinajstić information content (AvgIpc) is 3.85. The molecule has 8 aromatic carbocycles. The quantitative estimate of drug-likeness (QED) is 0.175. The normalized spacial score (nSPS) is 15.8. The number of ether oxygens (including phenoxy) is 2. The van der Waals surface area contributed by atoms with Gasteiger partial charge in [-0.1, -0.05) is 134 Å². The van der Waals surface area contributed by atoms with Gasteiger partial charge in [0.1, 0.15) is 0 Å². The smallest absolute Gasteiger partial charge is 0.161 e. The highest BCUT2D eigenvalue weighted by atomic mass is 16.5. The number of fused-ring (bicyclic) bond motifs is 13. The molecule has 0 amide bonds. The van der Waals surface area contributed by atoms with Crippen molar-refractivity contribution in [3.05, 3.63) is 224 Å². The van der Waals surface area contributed by atoms with Gasteiger partial charge in [0, 0.05) is 11.4 Å². The van der Waals surface area contributed by atoms with Crippen molar-refractivity contribution < 1.29 is 9.47 Å². The minimum absolute atomic E-state index is 0.439. The van der Waals surface area contributed by atoms with Crippen molar-refractivity contribution in [2.75, 3.05) is 19.5 Å². The van der Waals surface area contributed by atoms with Gasteiger partial charge in [-0.2, -0.15) is 0 Å². The molecule has 8 aromatic rings. The van der Waals surface area contributed by atoms with Gasteiger partial charge in [0.2, 0.25) is 0 Å². The molecule has 0 saturated heterocycles. The molecule has 0 bridgehead atoms. The van der Waals surface area contributed by atoms with E-state index in [9.17, 15) is 0 Å². The number of anilines is 2. The predicted molar refractivity (Wildman–Crippen MR) is 246 cm³/mol. The molecule has 0 heterocycles. The first-order valence-corrected chi connectivity index (χ1v) is 21.1.